The van der Waals surface area contributed by atoms with Crippen LogP contribution in [0.2, 0.25) is 0 Å². The molecule has 0 saturated heterocycles. The molecule has 0 aliphatic heterocycles. The van der Waals surface area contributed by atoms with E-state index in [2.05, 4.69) is 30.2 Å². The van der Waals surface area contributed by atoms with Crippen molar-refractivity contribution in [2.75, 3.05) is 5.32 Å². The summed E-state index contributed by atoms with van der Waals surface area (Å²) in [7, 11) is 0. The van der Waals surface area contributed by atoms with Gasteiger partial charge in [-0.3, -0.25) is 4.98 Å². The van der Waals surface area contributed by atoms with Crippen LogP contribution in [0.15, 0.2) is 49.1 Å². The Kier molecular flexibility index (Phi) is 4.31. The van der Waals surface area contributed by atoms with Gasteiger partial charge in [0.2, 0.25) is 5.95 Å². The molecule has 1 aliphatic carbocycles. The highest BCUT2D eigenvalue weighted by atomic mass is 19.1. The monoisotopic (exact) mass is 390 g/mol. The molecule has 4 aromatic heterocycles. The molecule has 1 fully saturated rings. The maximum absolute atomic E-state index is 13.8. The molecule has 144 valence electrons. The van der Waals surface area contributed by atoms with Gasteiger partial charge >= 0.3 is 0 Å². The largest absolute Gasteiger partial charge is 0.322 e. The number of aromatic nitrogens is 5. The van der Waals surface area contributed by atoms with Gasteiger partial charge in [-0.1, -0.05) is 6.42 Å². The van der Waals surface area contributed by atoms with Crippen LogP contribution in [0.25, 0.3) is 22.3 Å². The van der Waals surface area contributed by atoms with Crippen LogP contribution in [-0.4, -0.2) is 24.9 Å². The molecule has 0 atom stereocenters. The predicted molar refractivity (Wildman–Crippen MR) is 105 cm³/mol. The smallest absolute Gasteiger partial charge is 0.214 e. The molecule has 1 aliphatic rings. The summed E-state index contributed by atoms with van der Waals surface area (Å²) in [6.07, 6.45) is 10.6. The van der Waals surface area contributed by atoms with E-state index in [1.807, 2.05) is 12.4 Å². The molecule has 1 saturated carbocycles. The van der Waals surface area contributed by atoms with Gasteiger partial charge in [0.1, 0.15) is 5.82 Å². The number of nitrogens with zero attached hydrogens (tertiary/aromatic N) is 5. The summed E-state index contributed by atoms with van der Waals surface area (Å²) in [4.78, 5) is 21.2. The molecule has 4 heterocycles. The molecule has 6 nitrogen and oxygen atoms in total. The Bertz CT molecular complexity index is 1210. The summed E-state index contributed by atoms with van der Waals surface area (Å²) in [6, 6.07) is 5.38. The van der Waals surface area contributed by atoms with Gasteiger partial charge in [-0.15, -0.1) is 0 Å². The lowest BCUT2D eigenvalue weighted by molar-refractivity contribution is 0.421. The third-order valence-electron chi connectivity index (χ3n) is 5.16. The number of hydrogen-bond acceptors (Lipinski definition) is 6. The lowest BCUT2D eigenvalue weighted by Gasteiger charge is -2.26. The molecule has 4 aromatic rings. The number of pyridine rings is 3. The molecule has 0 aromatic carbocycles. The van der Waals surface area contributed by atoms with E-state index < -0.39 is 11.8 Å². The summed E-state index contributed by atoms with van der Waals surface area (Å²) in [5.74, 6) is -0.338. The fourth-order valence-corrected chi connectivity index (χ4v) is 3.42. The zero-order valence-corrected chi connectivity index (χ0v) is 15.3. The molecule has 0 spiro atoms. The van der Waals surface area contributed by atoms with E-state index >= 15 is 0 Å². The van der Waals surface area contributed by atoms with Crippen molar-refractivity contribution >= 4 is 22.5 Å². The maximum Gasteiger partial charge on any atom is 0.214 e. The van der Waals surface area contributed by atoms with Crippen LogP contribution in [-0.2, 0) is 0 Å². The van der Waals surface area contributed by atoms with Gasteiger partial charge in [0.15, 0.2) is 17.5 Å². The number of rotatable bonds is 4. The number of hydrogen-bond donors (Lipinski definition) is 1. The molecule has 0 bridgehead atoms. The van der Waals surface area contributed by atoms with E-state index in [1.165, 1.54) is 24.8 Å². The number of nitrogens with one attached hydrogen (secondary N) is 1. The Labute approximate surface area is 165 Å². The highest BCUT2D eigenvalue weighted by Crippen LogP contribution is 2.39. The van der Waals surface area contributed by atoms with E-state index in [4.69, 9.17) is 0 Å². The first-order valence-corrected chi connectivity index (χ1v) is 9.33. The Morgan fingerprint density at radius 1 is 0.966 bits per heavy atom. The predicted octanol–water partition coefficient (Wildman–Crippen LogP) is 4.77. The van der Waals surface area contributed by atoms with Gasteiger partial charge in [0.25, 0.3) is 0 Å². The molecule has 0 unspecified atom stereocenters. The summed E-state index contributed by atoms with van der Waals surface area (Å²) in [6.45, 7) is 0. The maximum atomic E-state index is 13.8. The van der Waals surface area contributed by atoms with Gasteiger partial charge < -0.3 is 5.32 Å². The van der Waals surface area contributed by atoms with Crippen LogP contribution in [0, 0.1) is 11.8 Å². The first kappa shape index (κ1) is 17.5. The Morgan fingerprint density at radius 2 is 1.86 bits per heavy atom. The second kappa shape index (κ2) is 7.12. The molecule has 0 radical (unpaired) electrons. The zero-order chi connectivity index (χ0) is 19.8. The third kappa shape index (κ3) is 3.37. The van der Waals surface area contributed by atoms with Crippen molar-refractivity contribution in [3.05, 3.63) is 66.4 Å². The topological polar surface area (TPSA) is 76.5 Å². The summed E-state index contributed by atoms with van der Waals surface area (Å²) >= 11 is 0. The van der Waals surface area contributed by atoms with Gasteiger partial charge in [-0.2, -0.15) is 9.37 Å². The number of anilines is 2. The van der Waals surface area contributed by atoms with Crippen molar-refractivity contribution < 1.29 is 8.78 Å². The minimum atomic E-state index is -0.780. The molecular weight excluding hydrogens is 374 g/mol. The highest BCUT2D eigenvalue weighted by molar-refractivity contribution is 5.82. The zero-order valence-electron chi connectivity index (χ0n) is 15.3. The lowest BCUT2D eigenvalue weighted by atomic mass is 9.79. The van der Waals surface area contributed by atoms with Crippen molar-refractivity contribution in [1.82, 2.24) is 24.9 Å². The second-order valence-corrected chi connectivity index (χ2v) is 7.00. The minimum Gasteiger partial charge on any atom is -0.322 e. The average Bonchev–Trinajstić information content (AvgIpc) is 2.69. The van der Waals surface area contributed by atoms with E-state index in [9.17, 15) is 8.78 Å². The van der Waals surface area contributed by atoms with E-state index in [0.29, 0.717) is 23.1 Å². The van der Waals surface area contributed by atoms with Gasteiger partial charge in [0.05, 0.1) is 11.7 Å². The Hall–Kier alpha value is -3.55. The quantitative estimate of drug-likeness (QED) is 0.506. The van der Waals surface area contributed by atoms with Gasteiger partial charge in [0, 0.05) is 29.5 Å². The highest BCUT2D eigenvalue weighted by Gasteiger charge is 2.22. The van der Waals surface area contributed by atoms with Crippen molar-refractivity contribution in [3.63, 3.8) is 0 Å². The van der Waals surface area contributed by atoms with Gasteiger partial charge in [-0.05, 0) is 48.6 Å². The normalized spacial score (nSPS) is 14.0. The van der Waals surface area contributed by atoms with Crippen molar-refractivity contribution in [2.24, 2.45) is 0 Å². The van der Waals surface area contributed by atoms with Crippen LogP contribution >= 0.6 is 0 Å². The second-order valence-electron chi connectivity index (χ2n) is 7.00. The van der Waals surface area contributed by atoms with Crippen LogP contribution < -0.4 is 5.32 Å². The minimum absolute atomic E-state index is 0.233. The number of fused-ring (bicyclic) bond motifs is 1. The van der Waals surface area contributed by atoms with E-state index in [1.54, 1.807) is 24.5 Å². The fourth-order valence-electron chi connectivity index (χ4n) is 3.42. The van der Waals surface area contributed by atoms with Crippen LogP contribution in [0.1, 0.15) is 30.7 Å². The van der Waals surface area contributed by atoms with Crippen LogP contribution in [0.5, 0.6) is 0 Å². The molecule has 8 heteroatoms. The van der Waals surface area contributed by atoms with Crippen LogP contribution in [0.4, 0.5) is 20.4 Å². The van der Waals surface area contributed by atoms with Crippen molar-refractivity contribution in [1.29, 1.82) is 0 Å². The Morgan fingerprint density at radius 3 is 2.69 bits per heavy atom. The molecule has 29 heavy (non-hydrogen) atoms. The summed E-state index contributed by atoms with van der Waals surface area (Å²) < 4.78 is 27.1. The standard InChI is InChI=1S/C21H16F2N6/c22-16-4-5-18(23)28-21(16)29-19-8-13(6-7-25-19)20-26-10-15-14(12-2-1-3-12)9-24-11-17(15)27-20/h4-12H,1-3H2,(H,25,28,29). The van der Waals surface area contributed by atoms with E-state index in [0.717, 1.165) is 23.0 Å². The number of halogens is 2. The molecule has 1 N–H and O–H groups in total. The molecule has 0 amide bonds. The first-order valence-electron chi connectivity index (χ1n) is 9.33. The van der Waals surface area contributed by atoms with Gasteiger partial charge in [-0.25, -0.2) is 19.3 Å². The van der Waals surface area contributed by atoms with Crippen LogP contribution in [0.3, 0.4) is 0 Å². The first-order chi connectivity index (χ1) is 14.2. The molecule has 5 rings (SSSR count). The van der Waals surface area contributed by atoms with Crippen molar-refractivity contribution in [2.45, 2.75) is 25.2 Å². The van der Waals surface area contributed by atoms with Crippen molar-refractivity contribution in [3.8, 4) is 11.4 Å². The fraction of sp³-hybridized carbons (Fsp3) is 0.190. The molecular formula is C21H16F2N6. The SMILES string of the molecule is Fc1ccc(F)c(Nc2cc(-c3ncc4c(C5CCC5)cncc4n3)ccn2)n1. The summed E-state index contributed by atoms with van der Waals surface area (Å²) in [5.41, 5.74) is 2.67. The summed E-state index contributed by atoms with van der Waals surface area (Å²) in [5, 5.41) is 3.71. The third-order valence-corrected chi connectivity index (χ3v) is 5.16. The average molecular weight is 390 g/mol. The Balaban J connectivity index is 1.48. The lowest BCUT2D eigenvalue weighted by Crippen LogP contribution is -2.10. The van der Waals surface area contributed by atoms with E-state index in [-0.39, 0.29) is 5.82 Å².